The molecule has 11 heteroatoms. The first-order valence-electron chi connectivity index (χ1n) is 13.4. The van der Waals surface area contributed by atoms with E-state index in [1.54, 1.807) is 38.4 Å². The Morgan fingerprint density at radius 2 is 1.85 bits per heavy atom. The molecule has 0 saturated carbocycles. The SMILES string of the molecule is COCCCNC(=O)C1(C)COC(c2nc(-c3ccc(F)cc3)c(-c3ccnc(NCc4ccccc4)n3)[nH]2)OC1. The van der Waals surface area contributed by atoms with Gasteiger partial charge in [-0.15, -0.1) is 0 Å². The molecule has 41 heavy (non-hydrogen) atoms. The first-order chi connectivity index (χ1) is 19.9. The van der Waals surface area contributed by atoms with E-state index in [1.807, 2.05) is 30.3 Å². The number of hydrogen-bond acceptors (Lipinski definition) is 8. The number of carbonyl (C=O) groups is 1. The van der Waals surface area contributed by atoms with Crippen LogP contribution < -0.4 is 10.6 Å². The smallest absolute Gasteiger partial charge is 0.230 e. The largest absolute Gasteiger partial charge is 0.385 e. The van der Waals surface area contributed by atoms with E-state index < -0.39 is 11.7 Å². The van der Waals surface area contributed by atoms with Gasteiger partial charge < -0.3 is 29.8 Å². The number of nitrogens with one attached hydrogen (secondary N) is 3. The molecule has 1 amide bonds. The Hall–Kier alpha value is -4.19. The summed E-state index contributed by atoms with van der Waals surface area (Å²) < 4.78 is 30.7. The second kappa shape index (κ2) is 13.0. The van der Waals surface area contributed by atoms with Crippen LogP contribution in [0.4, 0.5) is 10.3 Å². The van der Waals surface area contributed by atoms with Crippen LogP contribution in [0.15, 0.2) is 66.9 Å². The van der Waals surface area contributed by atoms with Crippen molar-refractivity contribution < 1.29 is 23.4 Å². The van der Waals surface area contributed by atoms with Crippen molar-refractivity contribution in [2.75, 3.05) is 38.8 Å². The van der Waals surface area contributed by atoms with Crippen molar-refractivity contribution in [3.8, 4) is 22.6 Å². The van der Waals surface area contributed by atoms with Gasteiger partial charge in [-0.2, -0.15) is 0 Å². The Bertz CT molecular complexity index is 1440. The van der Waals surface area contributed by atoms with Crippen LogP contribution in [0.5, 0.6) is 0 Å². The highest BCUT2D eigenvalue weighted by Crippen LogP contribution is 2.35. The van der Waals surface area contributed by atoms with E-state index in [2.05, 4.69) is 20.6 Å². The molecule has 1 saturated heterocycles. The van der Waals surface area contributed by atoms with Crippen molar-refractivity contribution in [1.29, 1.82) is 0 Å². The van der Waals surface area contributed by atoms with Gasteiger partial charge in [0, 0.05) is 38.6 Å². The van der Waals surface area contributed by atoms with Crippen LogP contribution in [-0.4, -0.2) is 59.3 Å². The van der Waals surface area contributed by atoms with Crippen LogP contribution in [0.25, 0.3) is 22.6 Å². The summed E-state index contributed by atoms with van der Waals surface area (Å²) in [5.41, 5.74) is 2.70. The minimum atomic E-state index is -0.842. The van der Waals surface area contributed by atoms with Crippen LogP contribution in [-0.2, 0) is 25.5 Å². The van der Waals surface area contributed by atoms with Gasteiger partial charge in [0.1, 0.15) is 5.82 Å². The minimum absolute atomic E-state index is 0.143. The van der Waals surface area contributed by atoms with E-state index in [1.165, 1.54) is 12.1 Å². The van der Waals surface area contributed by atoms with E-state index >= 15 is 0 Å². The van der Waals surface area contributed by atoms with Crippen LogP contribution in [0.3, 0.4) is 0 Å². The molecular weight excluding hydrogens is 527 g/mol. The average Bonchev–Trinajstić information content (AvgIpc) is 3.45. The molecule has 0 radical (unpaired) electrons. The molecule has 214 valence electrons. The molecule has 0 unspecified atom stereocenters. The monoisotopic (exact) mass is 560 g/mol. The normalized spacial score (nSPS) is 18.7. The first kappa shape index (κ1) is 28.3. The topological polar surface area (TPSA) is 123 Å². The van der Waals surface area contributed by atoms with Gasteiger partial charge in [-0.05, 0) is 49.2 Å². The Balaban J connectivity index is 1.36. The summed E-state index contributed by atoms with van der Waals surface area (Å²) in [6.45, 7) is 3.74. The summed E-state index contributed by atoms with van der Waals surface area (Å²) in [6, 6.07) is 17.8. The maximum Gasteiger partial charge on any atom is 0.230 e. The van der Waals surface area contributed by atoms with Crippen LogP contribution in [0.2, 0.25) is 0 Å². The number of benzene rings is 2. The lowest BCUT2D eigenvalue weighted by Crippen LogP contribution is -2.48. The summed E-state index contributed by atoms with van der Waals surface area (Å²) in [6.07, 6.45) is 1.56. The predicted molar refractivity (Wildman–Crippen MR) is 151 cm³/mol. The Kier molecular flexibility index (Phi) is 8.98. The number of aromatic amines is 1. The molecule has 10 nitrogen and oxygen atoms in total. The van der Waals surface area contributed by atoms with Crippen molar-refractivity contribution >= 4 is 11.9 Å². The van der Waals surface area contributed by atoms with Crippen molar-refractivity contribution in [1.82, 2.24) is 25.3 Å². The third-order valence-electron chi connectivity index (χ3n) is 6.73. The highest BCUT2D eigenvalue weighted by atomic mass is 19.1. The fourth-order valence-corrected chi connectivity index (χ4v) is 4.40. The summed E-state index contributed by atoms with van der Waals surface area (Å²) in [5.74, 6) is 0.374. The van der Waals surface area contributed by atoms with E-state index in [0.717, 1.165) is 12.0 Å². The third kappa shape index (κ3) is 6.94. The lowest BCUT2D eigenvalue weighted by molar-refractivity contribution is -0.231. The fraction of sp³-hybridized carbons (Fsp3) is 0.333. The maximum atomic E-state index is 13.7. The summed E-state index contributed by atoms with van der Waals surface area (Å²) in [4.78, 5) is 29.9. The van der Waals surface area contributed by atoms with E-state index in [-0.39, 0.29) is 24.9 Å². The maximum absolute atomic E-state index is 13.7. The molecule has 1 aliphatic rings. The number of H-pyrrole nitrogens is 1. The summed E-state index contributed by atoms with van der Waals surface area (Å²) in [7, 11) is 1.63. The molecule has 3 N–H and O–H groups in total. The van der Waals surface area contributed by atoms with Gasteiger partial charge in [-0.1, -0.05) is 30.3 Å². The standard InChI is InChI=1S/C30H33FN6O4/c1-30(28(38)32-14-6-16-39-2)18-40-27(41-19-30)26-36-24(21-9-11-22(31)12-10-21)25(37-26)23-13-15-33-29(35-23)34-17-20-7-4-3-5-8-20/h3-5,7-13,15,27H,6,14,16-19H2,1-2H3,(H,32,38)(H,36,37)(H,33,34,35). The number of imidazole rings is 1. The second-order valence-electron chi connectivity index (χ2n) is 10.1. The van der Waals surface area contributed by atoms with Gasteiger partial charge in [0.2, 0.25) is 18.1 Å². The molecule has 0 aliphatic carbocycles. The molecule has 0 spiro atoms. The van der Waals surface area contributed by atoms with Crippen molar-refractivity contribution in [3.63, 3.8) is 0 Å². The zero-order valence-electron chi connectivity index (χ0n) is 23.0. The number of hydrogen-bond donors (Lipinski definition) is 3. The van der Waals surface area contributed by atoms with E-state index in [4.69, 9.17) is 24.2 Å². The molecule has 5 rings (SSSR count). The van der Waals surface area contributed by atoms with Crippen molar-refractivity contribution in [2.24, 2.45) is 5.41 Å². The zero-order valence-corrected chi connectivity index (χ0v) is 23.0. The highest BCUT2D eigenvalue weighted by Gasteiger charge is 2.40. The second-order valence-corrected chi connectivity index (χ2v) is 10.1. The molecule has 3 heterocycles. The Morgan fingerprint density at radius 3 is 2.59 bits per heavy atom. The number of methoxy groups -OCH3 is 1. The number of anilines is 1. The number of rotatable bonds is 11. The van der Waals surface area contributed by atoms with Crippen molar-refractivity contribution in [2.45, 2.75) is 26.2 Å². The molecule has 2 aromatic carbocycles. The van der Waals surface area contributed by atoms with Crippen LogP contribution >= 0.6 is 0 Å². The molecule has 0 atom stereocenters. The lowest BCUT2D eigenvalue weighted by atomic mass is 9.91. The minimum Gasteiger partial charge on any atom is -0.385 e. The number of nitrogens with zero attached hydrogens (tertiary/aromatic N) is 3. The third-order valence-corrected chi connectivity index (χ3v) is 6.73. The Labute approximate surface area is 237 Å². The predicted octanol–water partition coefficient (Wildman–Crippen LogP) is 4.49. The molecule has 2 aromatic heterocycles. The number of amides is 1. The van der Waals surface area contributed by atoms with Gasteiger partial charge in [-0.3, -0.25) is 4.79 Å². The molecule has 1 fully saturated rings. The van der Waals surface area contributed by atoms with Gasteiger partial charge >= 0.3 is 0 Å². The van der Waals surface area contributed by atoms with Gasteiger partial charge in [0.25, 0.3) is 0 Å². The van der Waals surface area contributed by atoms with Gasteiger partial charge in [0.15, 0.2) is 5.82 Å². The lowest BCUT2D eigenvalue weighted by Gasteiger charge is -2.35. The van der Waals surface area contributed by atoms with E-state index in [9.17, 15) is 9.18 Å². The molecular formula is C30H33FN6O4. The van der Waals surface area contributed by atoms with Gasteiger partial charge in [0.05, 0.1) is 35.7 Å². The fourth-order valence-electron chi connectivity index (χ4n) is 4.40. The first-order valence-corrected chi connectivity index (χ1v) is 13.4. The molecule has 1 aliphatic heterocycles. The average molecular weight is 561 g/mol. The van der Waals surface area contributed by atoms with Crippen LogP contribution in [0, 0.1) is 11.2 Å². The van der Waals surface area contributed by atoms with Crippen molar-refractivity contribution in [3.05, 3.63) is 84.1 Å². The number of aromatic nitrogens is 4. The summed E-state index contributed by atoms with van der Waals surface area (Å²) >= 11 is 0. The van der Waals surface area contributed by atoms with Gasteiger partial charge in [-0.25, -0.2) is 19.3 Å². The highest BCUT2D eigenvalue weighted by molar-refractivity contribution is 5.82. The molecule has 4 aromatic rings. The quantitative estimate of drug-likeness (QED) is 0.229. The number of halogens is 1. The number of carbonyl (C=O) groups excluding carboxylic acids is 1. The van der Waals surface area contributed by atoms with E-state index in [0.29, 0.717) is 54.1 Å². The summed E-state index contributed by atoms with van der Waals surface area (Å²) in [5, 5.41) is 6.16. The number of ether oxygens (including phenoxy) is 3. The zero-order chi connectivity index (χ0) is 28.7. The van der Waals surface area contributed by atoms with Crippen LogP contribution in [0.1, 0.15) is 31.0 Å². The Morgan fingerprint density at radius 1 is 1.10 bits per heavy atom. The molecule has 0 bridgehead atoms.